The highest BCUT2D eigenvalue weighted by Crippen LogP contribution is 2.47. The van der Waals surface area contributed by atoms with Gasteiger partial charge in [0.05, 0.1) is 5.92 Å². The number of hydrogen-bond donors (Lipinski definition) is 3. The molecule has 2 aromatic rings. The van der Waals surface area contributed by atoms with Crippen molar-refractivity contribution in [2.24, 2.45) is 23.5 Å². The maximum atomic E-state index is 12.8. The molecule has 2 heterocycles. The molecule has 176 valence electrons. The number of nitrogens with zero attached hydrogens (tertiary/aromatic N) is 3. The Morgan fingerprint density at radius 3 is 2.65 bits per heavy atom. The Hall–Kier alpha value is -3.42. The predicted octanol–water partition coefficient (Wildman–Crippen LogP) is 3.42. The summed E-state index contributed by atoms with van der Waals surface area (Å²) >= 11 is 0. The molecule has 4 aliphatic rings. The fraction of sp³-hybridized carbons (Fsp3) is 0.462. The largest absolute Gasteiger partial charge is 0.369 e. The quantitative estimate of drug-likeness (QED) is 0.548. The summed E-state index contributed by atoms with van der Waals surface area (Å²) in [7, 11) is 0. The van der Waals surface area contributed by atoms with Gasteiger partial charge >= 0.3 is 0 Å². The molecule has 2 saturated carbocycles. The molecule has 0 spiro atoms. The van der Waals surface area contributed by atoms with Crippen LogP contribution in [0.2, 0.25) is 0 Å². The highest BCUT2D eigenvalue weighted by atomic mass is 16.2. The molecule has 2 amide bonds. The van der Waals surface area contributed by atoms with Crippen molar-refractivity contribution in [3.8, 4) is 0 Å². The van der Waals surface area contributed by atoms with Crippen molar-refractivity contribution in [1.29, 1.82) is 0 Å². The Labute approximate surface area is 199 Å². The van der Waals surface area contributed by atoms with E-state index in [4.69, 9.17) is 10.7 Å². The molecule has 1 saturated heterocycles. The first-order chi connectivity index (χ1) is 16.6. The average Bonchev–Trinajstić information content (AvgIpc) is 3.22. The van der Waals surface area contributed by atoms with Crippen LogP contribution in [-0.4, -0.2) is 45.8 Å². The highest BCUT2D eigenvalue weighted by Gasteiger charge is 2.48. The molecule has 8 heteroatoms. The minimum atomic E-state index is -0.255. The van der Waals surface area contributed by atoms with Crippen LogP contribution in [0.4, 0.5) is 17.5 Å². The molecule has 34 heavy (non-hydrogen) atoms. The maximum absolute atomic E-state index is 12.8. The van der Waals surface area contributed by atoms with Crippen molar-refractivity contribution >= 4 is 29.3 Å². The van der Waals surface area contributed by atoms with Gasteiger partial charge in [-0.15, -0.1) is 0 Å². The third-order valence-corrected chi connectivity index (χ3v) is 7.68. The second-order valence-corrected chi connectivity index (χ2v) is 10.0. The van der Waals surface area contributed by atoms with Crippen LogP contribution in [-0.2, 0) is 4.79 Å². The van der Waals surface area contributed by atoms with E-state index in [2.05, 4.69) is 27.8 Å². The summed E-state index contributed by atoms with van der Waals surface area (Å²) in [5.74, 6) is 1.78. The molecule has 3 fully saturated rings. The van der Waals surface area contributed by atoms with Gasteiger partial charge in [-0.2, -0.15) is 4.98 Å². The molecular formula is C26H30N6O2. The van der Waals surface area contributed by atoms with Crippen LogP contribution >= 0.6 is 0 Å². The number of hydrogen-bond acceptors (Lipinski definition) is 6. The van der Waals surface area contributed by atoms with E-state index in [1.165, 1.54) is 0 Å². The lowest BCUT2D eigenvalue weighted by molar-refractivity contribution is -0.122. The number of carbonyl (C=O) groups excluding carboxylic acids is 2. The Balaban J connectivity index is 1.24. The van der Waals surface area contributed by atoms with Crippen molar-refractivity contribution in [1.82, 2.24) is 14.9 Å². The number of aromatic nitrogens is 2. The van der Waals surface area contributed by atoms with Gasteiger partial charge in [-0.3, -0.25) is 9.59 Å². The molecule has 4 N–H and O–H groups in total. The van der Waals surface area contributed by atoms with E-state index in [9.17, 15) is 9.59 Å². The van der Waals surface area contributed by atoms with E-state index < -0.39 is 0 Å². The molecule has 1 aromatic heterocycles. The van der Waals surface area contributed by atoms with Crippen molar-refractivity contribution in [2.75, 3.05) is 23.7 Å². The minimum Gasteiger partial charge on any atom is -0.369 e. The summed E-state index contributed by atoms with van der Waals surface area (Å²) in [6.45, 7) is 1.64. The monoisotopic (exact) mass is 458 g/mol. The fourth-order valence-corrected chi connectivity index (χ4v) is 5.79. The van der Waals surface area contributed by atoms with E-state index in [0.29, 0.717) is 17.4 Å². The number of primary amides is 1. The summed E-state index contributed by atoms with van der Waals surface area (Å²) in [5.41, 5.74) is 8.30. The molecule has 1 aromatic carbocycles. The first-order valence-corrected chi connectivity index (χ1v) is 12.3. The van der Waals surface area contributed by atoms with Gasteiger partial charge in [-0.05, 0) is 68.1 Å². The van der Waals surface area contributed by atoms with Crippen LogP contribution in [0.15, 0.2) is 42.6 Å². The topological polar surface area (TPSA) is 113 Å². The number of nitrogens with one attached hydrogen (secondary N) is 2. The molecule has 4 atom stereocenters. The van der Waals surface area contributed by atoms with Crippen molar-refractivity contribution in [3.63, 3.8) is 0 Å². The minimum absolute atomic E-state index is 0.0471. The number of fused-ring (bicyclic) bond motifs is 2. The zero-order chi connectivity index (χ0) is 23.2. The average molecular weight is 459 g/mol. The van der Waals surface area contributed by atoms with Gasteiger partial charge in [-0.1, -0.05) is 18.2 Å². The highest BCUT2D eigenvalue weighted by molar-refractivity contribution is 5.95. The van der Waals surface area contributed by atoms with Crippen LogP contribution < -0.4 is 16.4 Å². The van der Waals surface area contributed by atoms with E-state index in [1.807, 2.05) is 35.4 Å². The number of rotatable bonds is 7. The Kier molecular flexibility index (Phi) is 5.23. The van der Waals surface area contributed by atoms with Gasteiger partial charge in [-0.25, -0.2) is 4.98 Å². The Morgan fingerprint density at radius 1 is 1.09 bits per heavy atom. The number of anilines is 3. The van der Waals surface area contributed by atoms with Crippen LogP contribution in [0.3, 0.4) is 0 Å². The third-order valence-electron chi connectivity index (χ3n) is 7.68. The van der Waals surface area contributed by atoms with Crippen molar-refractivity contribution < 1.29 is 9.59 Å². The second-order valence-electron chi connectivity index (χ2n) is 10.0. The molecule has 6 rings (SSSR count). The lowest BCUT2D eigenvalue weighted by Gasteiger charge is -2.28. The molecular weight excluding hydrogens is 428 g/mol. The number of likely N-dealkylation sites (tertiary alicyclic amines) is 1. The van der Waals surface area contributed by atoms with Gasteiger partial charge in [0.25, 0.3) is 5.91 Å². The molecule has 2 bridgehead atoms. The van der Waals surface area contributed by atoms with E-state index in [1.54, 1.807) is 0 Å². The summed E-state index contributed by atoms with van der Waals surface area (Å²) in [6.07, 6.45) is 11.5. The van der Waals surface area contributed by atoms with Crippen molar-refractivity contribution in [3.05, 3.63) is 53.7 Å². The lowest BCUT2D eigenvalue weighted by Crippen LogP contribution is -2.41. The molecule has 4 unspecified atom stereocenters. The van der Waals surface area contributed by atoms with Gasteiger partial charge < -0.3 is 21.3 Å². The first-order valence-electron chi connectivity index (χ1n) is 12.3. The zero-order valence-corrected chi connectivity index (χ0v) is 19.1. The second kappa shape index (κ2) is 8.42. The fourth-order valence-electron chi connectivity index (χ4n) is 5.79. The number of nitrogens with two attached hydrogens (primary N) is 1. The SMILES string of the molecule is NC(=O)C1C2C=CC(C2)C1Nc1nc(Nc2cccc(C(=O)N3CCCC3)c2)ncc1C1CC1. The van der Waals surface area contributed by atoms with Crippen LogP contribution in [0, 0.1) is 17.8 Å². The third kappa shape index (κ3) is 3.91. The van der Waals surface area contributed by atoms with Crippen LogP contribution in [0.1, 0.15) is 53.9 Å². The summed E-state index contributed by atoms with van der Waals surface area (Å²) in [6, 6.07) is 7.45. The number of amides is 2. The van der Waals surface area contributed by atoms with Crippen LogP contribution in [0.5, 0.6) is 0 Å². The standard InChI is InChI=1S/C26H30N6O2/c27-23(33)21-16-8-9-17(12-16)22(21)30-24-20(15-6-7-15)14-28-26(31-24)29-19-5-3-4-18(13-19)25(34)32-10-1-2-11-32/h3-5,8-9,13-17,21-22H,1-2,6-7,10-12H2,(H2,27,33)(H2,28,29,30,31). The maximum Gasteiger partial charge on any atom is 0.253 e. The van der Waals surface area contributed by atoms with Gasteiger partial charge in [0.15, 0.2) is 0 Å². The molecule has 1 aliphatic heterocycles. The number of benzene rings is 1. The van der Waals surface area contributed by atoms with Crippen LogP contribution in [0.25, 0.3) is 0 Å². The van der Waals surface area contributed by atoms with Crippen molar-refractivity contribution in [2.45, 2.75) is 44.1 Å². The van der Waals surface area contributed by atoms with Gasteiger partial charge in [0.1, 0.15) is 5.82 Å². The first kappa shape index (κ1) is 21.1. The smallest absolute Gasteiger partial charge is 0.253 e. The predicted molar refractivity (Wildman–Crippen MR) is 130 cm³/mol. The van der Waals surface area contributed by atoms with E-state index in [-0.39, 0.29) is 35.6 Å². The zero-order valence-electron chi connectivity index (χ0n) is 19.1. The van der Waals surface area contributed by atoms with E-state index in [0.717, 1.165) is 62.3 Å². The normalized spacial score (nSPS) is 27.2. The van der Waals surface area contributed by atoms with E-state index >= 15 is 0 Å². The summed E-state index contributed by atoms with van der Waals surface area (Å²) in [4.78, 5) is 36.3. The Bertz CT molecular complexity index is 1150. The Morgan fingerprint density at radius 2 is 1.88 bits per heavy atom. The number of allylic oxidation sites excluding steroid dienone is 1. The molecule has 8 nitrogen and oxygen atoms in total. The lowest BCUT2D eigenvalue weighted by atomic mass is 9.88. The summed E-state index contributed by atoms with van der Waals surface area (Å²) in [5, 5.41) is 6.85. The molecule has 3 aliphatic carbocycles. The summed E-state index contributed by atoms with van der Waals surface area (Å²) < 4.78 is 0. The van der Waals surface area contributed by atoms with Gasteiger partial charge in [0.2, 0.25) is 11.9 Å². The van der Waals surface area contributed by atoms with Gasteiger partial charge in [0, 0.05) is 42.1 Å². The number of carbonyl (C=O) groups is 2. The molecule has 0 radical (unpaired) electrons.